The molecule has 0 bridgehead atoms. The molecule has 0 aromatic heterocycles. The summed E-state index contributed by atoms with van der Waals surface area (Å²) in [6.45, 7) is 5.77. The van der Waals surface area contributed by atoms with Crippen LogP contribution < -0.4 is 0 Å². The Kier molecular flexibility index (Phi) is 43.3. The average molecular weight is 999 g/mol. The molecule has 12 nitrogen and oxygen atoms in total. The van der Waals surface area contributed by atoms with Gasteiger partial charge < -0.3 is 39.0 Å². The smallest absolute Gasteiger partial charge is 0.335 e. The summed E-state index contributed by atoms with van der Waals surface area (Å²) in [6, 6.07) is 0. The maximum atomic E-state index is 13.1. The highest BCUT2D eigenvalue weighted by molar-refractivity contribution is 5.74. The third-order valence-corrected chi connectivity index (χ3v) is 12.3. The van der Waals surface area contributed by atoms with Crippen LogP contribution >= 0.6 is 0 Å². The number of carboxylic acid groups (broad SMARTS) is 1. The molecule has 1 aliphatic rings. The summed E-state index contributed by atoms with van der Waals surface area (Å²) in [6.07, 6.45) is 46.2. The van der Waals surface area contributed by atoms with Crippen molar-refractivity contribution in [3.63, 3.8) is 0 Å². The van der Waals surface area contributed by atoms with Crippen molar-refractivity contribution in [3.05, 3.63) is 72.9 Å². The minimum absolute atomic E-state index is 0.0538. The molecule has 0 aromatic rings. The summed E-state index contributed by atoms with van der Waals surface area (Å²) in [5, 5.41) is 31.3. The molecule has 0 aliphatic carbocycles. The van der Waals surface area contributed by atoms with Crippen LogP contribution in [-0.4, -0.2) is 89.2 Å². The molecule has 1 saturated heterocycles. The van der Waals surface area contributed by atoms with E-state index in [1.165, 1.54) is 83.5 Å². The van der Waals surface area contributed by atoms with E-state index in [0.717, 1.165) is 83.5 Å². The molecule has 6 atom stereocenters. The first kappa shape index (κ1) is 65.2. The Balaban J connectivity index is 2.74. The lowest BCUT2D eigenvalue weighted by Crippen LogP contribution is -2.61. The Morgan fingerprint density at radius 1 is 0.479 bits per heavy atom. The van der Waals surface area contributed by atoms with Crippen molar-refractivity contribution in [2.75, 3.05) is 13.2 Å². The van der Waals surface area contributed by atoms with Gasteiger partial charge in [-0.05, 0) is 57.8 Å². The lowest BCUT2D eigenvalue weighted by molar-refractivity contribution is -0.301. The maximum absolute atomic E-state index is 13.1. The number of aliphatic hydroxyl groups excluding tert-OH is 2. The molecule has 71 heavy (non-hydrogen) atoms. The summed E-state index contributed by atoms with van der Waals surface area (Å²) >= 11 is 0. The van der Waals surface area contributed by atoms with Gasteiger partial charge in [0.1, 0.15) is 18.8 Å². The van der Waals surface area contributed by atoms with E-state index < -0.39 is 67.3 Å². The second-order valence-electron chi connectivity index (χ2n) is 18.9. The number of carbonyl (C=O) groups excluding carboxylic acids is 3. The first-order valence-electron chi connectivity index (χ1n) is 27.9. The number of hydrogen-bond donors (Lipinski definition) is 3. The van der Waals surface area contributed by atoms with Crippen LogP contribution in [0.15, 0.2) is 72.9 Å². The summed E-state index contributed by atoms with van der Waals surface area (Å²) < 4.78 is 28.2. The molecule has 6 unspecified atom stereocenters. The number of unbranched alkanes of at least 4 members (excludes halogenated alkanes) is 20. The van der Waals surface area contributed by atoms with Gasteiger partial charge in [-0.1, -0.05) is 222 Å². The number of hydrogen-bond acceptors (Lipinski definition) is 11. The van der Waals surface area contributed by atoms with Crippen molar-refractivity contribution in [2.24, 2.45) is 0 Å². The third kappa shape index (κ3) is 37.6. The van der Waals surface area contributed by atoms with E-state index in [-0.39, 0.29) is 25.9 Å². The first-order chi connectivity index (χ1) is 34.6. The van der Waals surface area contributed by atoms with Gasteiger partial charge in [-0.2, -0.15) is 0 Å². The van der Waals surface area contributed by atoms with Gasteiger partial charge in [-0.15, -0.1) is 0 Å². The van der Waals surface area contributed by atoms with Crippen molar-refractivity contribution in [2.45, 2.75) is 263 Å². The van der Waals surface area contributed by atoms with Gasteiger partial charge >= 0.3 is 23.9 Å². The highest BCUT2D eigenvalue weighted by Crippen LogP contribution is 2.26. The fourth-order valence-corrected chi connectivity index (χ4v) is 8.04. The molecule has 1 heterocycles. The van der Waals surface area contributed by atoms with E-state index >= 15 is 0 Å². The first-order valence-corrected chi connectivity index (χ1v) is 27.9. The molecule has 12 heteroatoms. The Hall–Kier alpha value is -3.84. The number of ether oxygens (including phenoxy) is 5. The van der Waals surface area contributed by atoms with Crippen molar-refractivity contribution in [1.82, 2.24) is 0 Å². The number of allylic oxidation sites excluding steroid dienone is 12. The fourth-order valence-electron chi connectivity index (χ4n) is 8.04. The molecule has 0 aromatic carbocycles. The van der Waals surface area contributed by atoms with Gasteiger partial charge in [0.25, 0.3) is 0 Å². The SMILES string of the molecule is CC/C=C\C/C=C\C/C=C\C/C=C\C/C=C\C/C=C\CCC(=O)OCC(COC1OC(C(=O)O)C(O)C(O)C1OC(=O)CCCCCCCCCCC)OC(=O)CCCCCCCCCCCCCCC. The highest BCUT2D eigenvalue weighted by atomic mass is 16.7. The van der Waals surface area contributed by atoms with E-state index in [0.29, 0.717) is 19.3 Å². The summed E-state index contributed by atoms with van der Waals surface area (Å²) in [7, 11) is 0. The van der Waals surface area contributed by atoms with Gasteiger partial charge in [0.05, 0.1) is 6.61 Å². The molecule has 1 aliphatic heterocycles. The van der Waals surface area contributed by atoms with Crippen molar-refractivity contribution < 1.29 is 58.2 Å². The van der Waals surface area contributed by atoms with Gasteiger partial charge in [0.15, 0.2) is 24.6 Å². The molecule has 0 radical (unpaired) electrons. The number of aliphatic carboxylic acids is 1. The van der Waals surface area contributed by atoms with Crippen LogP contribution in [0.25, 0.3) is 0 Å². The van der Waals surface area contributed by atoms with E-state index in [9.17, 15) is 34.5 Å². The molecule has 0 saturated carbocycles. The maximum Gasteiger partial charge on any atom is 0.335 e. The number of aliphatic hydroxyl groups is 2. The lowest BCUT2D eigenvalue weighted by Gasteiger charge is -2.40. The fraction of sp³-hybridized carbons (Fsp3) is 0.729. The zero-order chi connectivity index (χ0) is 51.8. The topological polar surface area (TPSA) is 175 Å². The molecular formula is C59H98O12. The minimum Gasteiger partial charge on any atom is -0.479 e. The zero-order valence-corrected chi connectivity index (χ0v) is 44.4. The Morgan fingerprint density at radius 3 is 1.32 bits per heavy atom. The predicted molar refractivity (Wildman–Crippen MR) is 285 cm³/mol. The van der Waals surface area contributed by atoms with E-state index in [4.69, 9.17) is 23.7 Å². The van der Waals surface area contributed by atoms with Crippen LogP contribution in [0, 0.1) is 0 Å². The molecule has 1 rings (SSSR count). The molecule has 3 N–H and O–H groups in total. The molecule has 1 fully saturated rings. The average Bonchev–Trinajstić information content (AvgIpc) is 3.35. The number of esters is 3. The van der Waals surface area contributed by atoms with Gasteiger partial charge in [0, 0.05) is 19.3 Å². The van der Waals surface area contributed by atoms with Crippen LogP contribution in [0.3, 0.4) is 0 Å². The number of carboxylic acids is 1. The van der Waals surface area contributed by atoms with Crippen LogP contribution in [0.5, 0.6) is 0 Å². The van der Waals surface area contributed by atoms with Crippen LogP contribution in [0.1, 0.15) is 226 Å². The van der Waals surface area contributed by atoms with Gasteiger partial charge in [-0.3, -0.25) is 14.4 Å². The van der Waals surface area contributed by atoms with Crippen molar-refractivity contribution in [3.8, 4) is 0 Å². The van der Waals surface area contributed by atoms with Gasteiger partial charge in [-0.25, -0.2) is 4.79 Å². The van der Waals surface area contributed by atoms with Gasteiger partial charge in [0.2, 0.25) is 0 Å². The molecule has 0 amide bonds. The number of rotatable bonds is 46. The zero-order valence-electron chi connectivity index (χ0n) is 44.4. The molecule has 0 spiro atoms. The largest absolute Gasteiger partial charge is 0.479 e. The van der Waals surface area contributed by atoms with Crippen LogP contribution in [-0.2, 0) is 42.9 Å². The summed E-state index contributed by atoms with van der Waals surface area (Å²) in [5.74, 6) is -3.23. The predicted octanol–water partition coefficient (Wildman–Crippen LogP) is 13.8. The Morgan fingerprint density at radius 2 is 0.887 bits per heavy atom. The summed E-state index contributed by atoms with van der Waals surface area (Å²) in [5.41, 5.74) is 0. The highest BCUT2D eigenvalue weighted by Gasteiger charge is 2.50. The van der Waals surface area contributed by atoms with Crippen molar-refractivity contribution >= 4 is 23.9 Å². The second-order valence-corrected chi connectivity index (χ2v) is 18.9. The Bertz CT molecular complexity index is 1510. The molecule has 406 valence electrons. The van der Waals surface area contributed by atoms with Crippen LogP contribution in [0.4, 0.5) is 0 Å². The van der Waals surface area contributed by atoms with E-state index in [1.54, 1.807) is 0 Å². The van der Waals surface area contributed by atoms with Crippen LogP contribution in [0.2, 0.25) is 0 Å². The quantitative estimate of drug-likeness (QED) is 0.0228. The van der Waals surface area contributed by atoms with E-state index in [2.05, 4.69) is 81.5 Å². The van der Waals surface area contributed by atoms with Crippen molar-refractivity contribution in [1.29, 1.82) is 0 Å². The standard InChI is InChI=1S/C59H98O12/c1-4-7-10-13-16-19-21-23-24-25-26-27-28-30-31-34-36-39-42-45-51(60)67-48-50(69-52(61)46-43-40-38-35-32-29-22-20-17-14-11-8-5-2)49-68-59-57(55(64)54(63)56(71-59)58(65)66)70-53(62)47-44-41-37-33-18-15-12-9-6-3/h7,10,16,19,23-24,26-27,30-31,36,39,50,54-57,59,63-64H,4-6,8-9,11-15,17-18,20-22,25,28-29,32-35,37-38,40-49H2,1-3H3,(H,65,66)/b10-7-,19-16-,24-23-,27-26-,31-30-,39-36-. The third-order valence-electron chi connectivity index (χ3n) is 12.3. The second kappa shape index (κ2) is 47.2. The minimum atomic E-state index is -1.91. The monoisotopic (exact) mass is 999 g/mol. The lowest BCUT2D eigenvalue weighted by atomic mass is 9.98. The number of carbonyl (C=O) groups is 4. The van der Waals surface area contributed by atoms with E-state index in [1.807, 2.05) is 12.2 Å². The molecular weight excluding hydrogens is 901 g/mol. The normalized spacial score (nSPS) is 19.0. The summed E-state index contributed by atoms with van der Waals surface area (Å²) in [4.78, 5) is 50.8. The Labute approximate surface area is 429 Å².